The lowest BCUT2D eigenvalue weighted by molar-refractivity contribution is -0.134. The maximum atomic E-state index is 11.7. The standard InChI is InChI=1S/C11H14N2O2/c1-3-5-8(4-2)13-10(15)11(6-7-11)9(12)14/h3-5H,1-2,6-7H2,(H2,12,14)(H,13,15)/b8-5+. The Morgan fingerprint density at radius 2 is 1.93 bits per heavy atom. The van der Waals surface area contributed by atoms with Gasteiger partial charge in [-0.25, -0.2) is 0 Å². The van der Waals surface area contributed by atoms with Gasteiger partial charge in [0.25, 0.3) is 0 Å². The summed E-state index contributed by atoms with van der Waals surface area (Å²) < 4.78 is 0. The summed E-state index contributed by atoms with van der Waals surface area (Å²) in [4.78, 5) is 22.7. The van der Waals surface area contributed by atoms with Gasteiger partial charge in [0.15, 0.2) is 0 Å². The molecule has 1 rings (SSSR count). The number of hydrogen-bond acceptors (Lipinski definition) is 2. The predicted octanol–water partition coefficient (Wildman–Crippen LogP) is 0.624. The molecule has 1 aliphatic rings. The molecule has 0 aromatic heterocycles. The summed E-state index contributed by atoms with van der Waals surface area (Å²) >= 11 is 0. The Balaban J connectivity index is 2.71. The maximum absolute atomic E-state index is 11.7. The van der Waals surface area contributed by atoms with Gasteiger partial charge in [-0.15, -0.1) is 0 Å². The molecule has 3 N–H and O–H groups in total. The van der Waals surface area contributed by atoms with Gasteiger partial charge in [0.2, 0.25) is 11.8 Å². The van der Waals surface area contributed by atoms with Crippen molar-refractivity contribution in [2.75, 3.05) is 0 Å². The Hall–Kier alpha value is -1.84. The van der Waals surface area contributed by atoms with E-state index in [1.807, 2.05) is 0 Å². The summed E-state index contributed by atoms with van der Waals surface area (Å²) in [5.41, 5.74) is 4.68. The Morgan fingerprint density at radius 1 is 1.33 bits per heavy atom. The Kier molecular flexibility index (Phi) is 3.09. The van der Waals surface area contributed by atoms with Crippen molar-refractivity contribution in [2.45, 2.75) is 12.8 Å². The summed E-state index contributed by atoms with van der Waals surface area (Å²) in [7, 11) is 0. The van der Waals surface area contributed by atoms with Crippen molar-refractivity contribution in [3.05, 3.63) is 37.1 Å². The van der Waals surface area contributed by atoms with Gasteiger partial charge in [-0.1, -0.05) is 19.2 Å². The molecule has 0 atom stereocenters. The lowest BCUT2D eigenvalue weighted by Gasteiger charge is -2.11. The average Bonchev–Trinajstić information content (AvgIpc) is 2.97. The molecule has 1 fully saturated rings. The fourth-order valence-electron chi connectivity index (χ4n) is 1.25. The van der Waals surface area contributed by atoms with Crippen molar-refractivity contribution in [3.63, 3.8) is 0 Å². The Morgan fingerprint density at radius 3 is 2.27 bits per heavy atom. The van der Waals surface area contributed by atoms with Gasteiger partial charge in [-0.2, -0.15) is 0 Å². The van der Waals surface area contributed by atoms with Crippen LogP contribution in [-0.4, -0.2) is 11.8 Å². The second-order valence-corrected chi connectivity index (χ2v) is 3.46. The molecule has 1 saturated carbocycles. The highest BCUT2D eigenvalue weighted by atomic mass is 16.2. The lowest BCUT2D eigenvalue weighted by atomic mass is 10.1. The summed E-state index contributed by atoms with van der Waals surface area (Å²) in [5.74, 6) is -0.926. The molecule has 4 nitrogen and oxygen atoms in total. The van der Waals surface area contributed by atoms with Crippen LogP contribution in [0.2, 0.25) is 0 Å². The van der Waals surface area contributed by atoms with E-state index in [1.165, 1.54) is 12.2 Å². The number of primary amides is 1. The minimum absolute atomic E-state index is 0.358. The molecule has 0 saturated heterocycles. The molecule has 1 aliphatic carbocycles. The molecule has 4 heteroatoms. The SMILES string of the molecule is C=C/C=C(\C=C)NC(=O)C1(C(N)=O)CC1. The smallest absolute Gasteiger partial charge is 0.240 e. The van der Waals surface area contributed by atoms with Gasteiger partial charge in [-0.3, -0.25) is 9.59 Å². The predicted molar refractivity (Wildman–Crippen MR) is 57.5 cm³/mol. The quantitative estimate of drug-likeness (QED) is 0.511. The van der Waals surface area contributed by atoms with E-state index < -0.39 is 11.3 Å². The van der Waals surface area contributed by atoms with E-state index in [2.05, 4.69) is 18.5 Å². The normalized spacial score (nSPS) is 17.7. The molecule has 0 heterocycles. The topological polar surface area (TPSA) is 72.2 Å². The molecule has 0 unspecified atom stereocenters. The first kappa shape index (κ1) is 11.2. The van der Waals surface area contributed by atoms with Gasteiger partial charge in [-0.05, 0) is 25.0 Å². The largest absolute Gasteiger partial charge is 0.369 e. The molecule has 0 bridgehead atoms. The number of nitrogens with two attached hydrogens (primary N) is 1. The molecular formula is C11H14N2O2. The van der Waals surface area contributed by atoms with E-state index in [9.17, 15) is 9.59 Å². The van der Waals surface area contributed by atoms with Crippen molar-refractivity contribution >= 4 is 11.8 Å². The second kappa shape index (κ2) is 4.13. The molecule has 80 valence electrons. The Bertz CT molecular complexity index is 352. The number of nitrogens with one attached hydrogen (secondary N) is 1. The van der Waals surface area contributed by atoms with Crippen molar-refractivity contribution in [1.29, 1.82) is 0 Å². The first-order valence-corrected chi connectivity index (χ1v) is 4.63. The van der Waals surface area contributed by atoms with Gasteiger partial charge in [0.1, 0.15) is 5.41 Å². The van der Waals surface area contributed by atoms with Crippen LogP contribution in [0.15, 0.2) is 37.1 Å². The van der Waals surface area contributed by atoms with Crippen LogP contribution in [-0.2, 0) is 9.59 Å². The van der Waals surface area contributed by atoms with Crippen LogP contribution in [0, 0.1) is 5.41 Å². The minimum atomic E-state index is -0.997. The third kappa shape index (κ3) is 2.15. The summed E-state index contributed by atoms with van der Waals surface area (Å²) in [5, 5.41) is 2.58. The minimum Gasteiger partial charge on any atom is -0.369 e. The fourth-order valence-corrected chi connectivity index (χ4v) is 1.25. The highest BCUT2D eigenvalue weighted by molar-refractivity contribution is 6.07. The zero-order chi connectivity index (χ0) is 11.5. The van der Waals surface area contributed by atoms with Crippen molar-refractivity contribution in [1.82, 2.24) is 5.32 Å². The first-order chi connectivity index (χ1) is 7.06. The van der Waals surface area contributed by atoms with E-state index in [4.69, 9.17) is 5.73 Å². The van der Waals surface area contributed by atoms with Crippen molar-refractivity contribution in [2.24, 2.45) is 11.1 Å². The van der Waals surface area contributed by atoms with Gasteiger partial charge in [0.05, 0.1) is 0 Å². The molecule has 0 aromatic carbocycles. The molecular weight excluding hydrogens is 192 g/mol. The van der Waals surface area contributed by atoms with Crippen molar-refractivity contribution < 1.29 is 9.59 Å². The number of hydrogen-bond donors (Lipinski definition) is 2. The number of allylic oxidation sites excluding steroid dienone is 3. The number of carbonyl (C=O) groups excluding carboxylic acids is 2. The molecule has 0 spiro atoms. The van der Waals surface area contributed by atoms with Crippen LogP contribution < -0.4 is 11.1 Å². The van der Waals surface area contributed by atoms with Gasteiger partial charge in [0, 0.05) is 5.70 Å². The highest BCUT2D eigenvalue weighted by Gasteiger charge is 2.55. The molecule has 0 radical (unpaired) electrons. The zero-order valence-corrected chi connectivity index (χ0v) is 8.45. The zero-order valence-electron chi connectivity index (χ0n) is 8.45. The van der Waals surface area contributed by atoms with E-state index in [0.29, 0.717) is 18.5 Å². The van der Waals surface area contributed by atoms with Crippen LogP contribution in [0.3, 0.4) is 0 Å². The third-order valence-electron chi connectivity index (χ3n) is 2.43. The van der Waals surface area contributed by atoms with Crippen LogP contribution in [0.25, 0.3) is 0 Å². The van der Waals surface area contributed by atoms with E-state index in [0.717, 1.165) is 0 Å². The monoisotopic (exact) mass is 206 g/mol. The van der Waals surface area contributed by atoms with E-state index >= 15 is 0 Å². The van der Waals surface area contributed by atoms with Crippen LogP contribution in [0.1, 0.15) is 12.8 Å². The molecule has 15 heavy (non-hydrogen) atoms. The lowest BCUT2D eigenvalue weighted by Crippen LogP contribution is -2.39. The number of rotatable bonds is 5. The summed E-state index contributed by atoms with van der Waals surface area (Å²) in [6.07, 6.45) is 5.65. The number of amides is 2. The highest BCUT2D eigenvalue weighted by Crippen LogP contribution is 2.45. The molecule has 2 amide bonds. The van der Waals surface area contributed by atoms with Crippen LogP contribution >= 0.6 is 0 Å². The number of carbonyl (C=O) groups is 2. The van der Waals surface area contributed by atoms with Gasteiger partial charge < -0.3 is 11.1 Å². The molecule has 0 aliphatic heterocycles. The van der Waals surface area contributed by atoms with Gasteiger partial charge >= 0.3 is 0 Å². The Labute approximate surface area is 88.5 Å². The third-order valence-corrected chi connectivity index (χ3v) is 2.43. The van der Waals surface area contributed by atoms with E-state index in [1.54, 1.807) is 6.08 Å². The average molecular weight is 206 g/mol. The van der Waals surface area contributed by atoms with Crippen LogP contribution in [0.4, 0.5) is 0 Å². The summed E-state index contributed by atoms with van der Waals surface area (Å²) in [6.45, 7) is 7.03. The maximum Gasteiger partial charge on any atom is 0.240 e. The fraction of sp³-hybridized carbons (Fsp3) is 0.273. The van der Waals surface area contributed by atoms with E-state index in [-0.39, 0.29) is 5.91 Å². The second-order valence-electron chi connectivity index (χ2n) is 3.46. The van der Waals surface area contributed by atoms with Crippen LogP contribution in [0.5, 0.6) is 0 Å². The van der Waals surface area contributed by atoms with Crippen molar-refractivity contribution in [3.8, 4) is 0 Å². The first-order valence-electron chi connectivity index (χ1n) is 4.63. The molecule has 0 aromatic rings. The summed E-state index contributed by atoms with van der Waals surface area (Å²) in [6, 6.07) is 0.